The van der Waals surface area contributed by atoms with Gasteiger partial charge in [0.15, 0.2) is 5.11 Å². The molecule has 1 heterocycles. The lowest BCUT2D eigenvalue weighted by atomic mass is 10.1. The van der Waals surface area contributed by atoms with E-state index >= 15 is 0 Å². The first-order valence-corrected chi connectivity index (χ1v) is 6.00. The van der Waals surface area contributed by atoms with Crippen molar-refractivity contribution in [3.05, 3.63) is 29.5 Å². The molecular formula is C13H14N2O3S. The molecule has 1 fully saturated rings. The molecule has 1 aliphatic heterocycles. The van der Waals surface area contributed by atoms with Crippen molar-refractivity contribution in [3.63, 3.8) is 0 Å². The summed E-state index contributed by atoms with van der Waals surface area (Å²) in [5.41, 5.74) is 1.23. The maximum Gasteiger partial charge on any atom is 0.276 e. The Morgan fingerprint density at radius 1 is 1.21 bits per heavy atom. The summed E-state index contributed by atoms with van der Waals surface area (Å²) in [7, 11) is 4.78. The lowest BCUT2D eigenvalue weighted by Gasteiger charge is -2.06. The zero-order valence-electron chi connectivity index (χ0n) is 10.9. The van der Waals surface area contributed by atoms with Crippen LogP contribution in [0.15, 0.2) is 23.9 Å². The number of hydrogen-bond acceptors (Lipinski definition) is 4. The van der Waals surface area contributed by atoms with E-state index in [2.05, 4.69) is 5.32 Å². The van der Waals surface area contributed by atoms with E-state index in [1.165, 1.54) is 4.90 Å². The molecule has 0 spiro atoms. The van der Waals surface area contributed by atoms with Crippen LogP contribution in [-0.4, -0.2) is 37.2 Å². The maximum absolute atomic E-state index is 11.9. The highest BCUT2D eigenvalue weighted by atomic mass is 32.1. The molecule has 0 aromatic heterocycles. The van der Waals surface area contributed by atoms with E-state index in [4.69, 9.17) is 21.7 Å². The molecule has 0 aliphatic carbocycles. The summed E-state index contributed by atoms with van der Waals surface area (Å²) < 4.78 is 10.4. The van der Waals surface area contributed by atoms with Gasteiger partial charge in [0, 0.05) is 13.1 Å². The van der Waals surface area contributed by atoms with E-state index in [1.54, 1.807) is 33.4 Å². The predicted octanol–water partition coefficient (Wildman–Crippen LogP) is 1.39. The summed E-state index contributed by atoms with van der Waals surface area (Å²) in [6.07, 6.45) is 1.71. The lowest BCUT2D eigenvalue weighted by Crippen LogP contribution is -2.25. The summed E-state index contributed by atoms with van der Waals surface area (Å²) in [6.45, 7) is 0. The van der Waals surface area contributed by atoms with Crippen molar-refractivity contribution in [2.45, 2.75) is 0 Å². The summed E-state index contributed by atoms with van der Waals surface area (Å²) in [4.78, 5) is 13.3. The smallest absolute Gasteiger partial charge is 0.276 e. The lowest BCUT2D eigenvalue weighted by molar-refractivity contribution is -0.121. The van der Waals surface area contributed by atoms with Crippen molar-refractivity contribution in [3.8, 4) is 11.5 Å². The maximum atomic E-state index is 11.9. The van der Waals surface area contributed by atoms with E-state index in [9.17, 15) is 4.79 Å². The van der Waals surface area contributed by atoms with Crippen LogP contribution in [0, 0.1) is 0 Å². The second-order valence-corrected chi connectivity index (χ2v) is 4.39. The number of methoxy groups -OCH3 is 2. The largest absolute Gasteiger partial charge is 0.497 e. The molecule has 0 atom stereocenters. The van der Waals surface area contributed by atoms with Crippen LogP contribution in [0.3, 0.4) is 0 Å². The molecule has 1 aromatic carbocycles. The zero-order valence-corrected chi connectivity index (χ0v) is 11.7. The molecular weight excluding hydrogens is 264 g/mol. The predicted molar refractivity (Wildman–Crippen MR) is 76.0 cm³/mol. The van der Waals surface area contributed by atoms with Crippen LogP contribution in [-0.2, 0) is 4.79 Å². The molecule has 19 heavy (non-hydrogen) atoms. The quantitative estimate of drug-likeness (QED) is 0.669. The van der Waals surface area contributed by atoms with Crippen LogP contribution >= 0.6 is 12.2 Å². The van der Waals surface area contributed by atoms with Crippen LogP contribution in [0.2, 0.25) is 0 Å². The van der Waals surface area contributed by atoms with Crippen molar-refractivity contribution in [1.29, 1.82) is 0 Å². The van der Waals surface area contributed by atoms with Crippen molar-refractivity contribution in [1.82, 2.24) is 10.2 Å². The number of ether oxygens (including phenoxy) is 2. The van der Waals surface area contributed by atoms with Crippen LogP contribution < -0.4 is 14.8 Å². The topological polar surface area (TPSA) is 50.8 Å². The summed E-state index contributed by atoms with van der Waals surface area (Å²) in [5.74, 6) is 1.16. The molecule has 1 aromatic rings. The van der Waals surface area contributed by atoms with E-state index in [1.807, 2.05) is 12.1 Å². The Bertz CT molecular complexity index is 547. The molecule has 6 heteroatoms. The van der Waals surface area contributed by atoms with Crippen LogP contribution in [0.5, 0.6) is 11.5 Å². The Kier molecular flexibility index (Phi) is 3.71. The van der Waals surface area contributed by atoms with Gasteiger partial charge in [0.2, 0.25) is 0 Å². The fourth-order valence-corrected chi connectivity index (χ4v) is 1.90. The van der Waals surface area contributed by atoms with Gasteiger partial charge in [-0.2, -0.15) is 0 Å². The second kappa shape index (κ2) is 5.27. The average molecular weight is 278 g/mol. The van der Waals surface area contributed by atoms with E-state index in [-0.39, 0.29) is 5.91 Å². The van der Waals surface area contributed by atoms with Gasteiger partial charge in [-0.05, 0) is 36.0 Å². The number of nitrogens with one attached hydrogen (secondary N) is 1. The third kappa shape index (κ3) is 2.68. The van der Waals surface area contributed by atoms with Crippen molar-refractivity contribution in [2.75, 3.05) is 21.3 Å². The molecule has 0 saturated carbocycles. The van der Waals surface area contributed by atoms with Gasteiger partial charge in [-0.25, -0.2) is 0 Å². The highest BCUT2D eigenvalue weighted by Crippen LogP contribution is 2.24. The molecule has 100 valence electrons. The number of rotatable bonds is 3. The number of carbonyl (C=O) groups is 1. The first-order chi connectivity index (χ1) is 9.05. The van der Waals surface area contributed by atoms with Gasteiger partial charge in [-0.15, -0.1) is 0 Å². The SMILES string of the molecule is COc1cc(/C=C2/NC(=S)N(C)C2=O)cc(OC)c1. The number of thiocarbonyl (C=S) groups is 1. The molecule has 1 saturated heterocycles. The van der Waals surface area contributed by atoms with Gasteiger partial charge in [0.1, 0.15) is 17.2 Å². The Morgan fingerprint density at radius 2 is 1.79 bits per heavy atom. The number of likely N-dealkylation sites (N-methyl/N-ethyl adjacent to an activating group) is 1. The van der Waals surface area contributed by atoms with Gasteiger partial charge in [0.05, 0.1) is 14.2 Å². The highest BCUT2D eigenvalue weighted by Gasteiger charge is 2.26. The molecule has 0 unspecified atom stereocenters. The average Bonchev–Trinajstić information content (AvgIpc) is 2.65. The monoisotopic (exact) mass is 278 g/mol. The number of nitrogens with zero attached hydrogens (tertiary/aromatic N) is 1. The van der Waals surface area contributed by atoms with E-state index in [0.29, 0.717) is 22.3 Å². The fourth-order valence-electron chi connectivity index (χ4n) is 1.70. The van der Waals surface area contributed by atoms with Crippen LogP contribution in [0.25, 0.3) is 6.08 Å². The van der Waals surface area contributed by atoms with Crippen molar-refractivity contribution >= 4 is 29.3 Å². The summed E-state index contributed by atoms with van der Waals surface area (Å²) in [5, 5.41) is 3.26. The Hall–Kier alpha value is -2.08. The standard InChI is InChI=1S/C13H14N2O3S/c1-15-12(16)11(14-13(15)19)6-8-4-9(17-2)7-10(5-8)18-3/h4-7H,1-3H3,(H,14,19)/b11-6+. The number of benzene rings is 1. The Balaban J connectivity index is 2.38. The molecule has 2 rings (SSSR count). The van der Waals surface area contributed by atoms with Crippen LogP contribution in [0.1, 0.15) is 5.56 Å². The third-order valence-electron chi connectivity index (χ3n) is 2.77. The van der Waals surface area contributed by atoms with Crippen LogP contribution in [0.4, 0.5) is 0 Å². The van der Waals surface area contributed by atoms with Crippen molar-refractivity contribution in [2.24, 2.45) is 0 Å². The second-order valence-electron chi connectivity index (χ2n) is 4.00. The van der Waals surface area contributed by atoms with Gasteiger partial charge < -0.3 is 14.8 Å². The molecule has 1 aliphatic rings. The molecule has 1 N–H and O–H groups in total. The van der Waals surface area contributed by atoms with E-state index in [0.717, 1.165) is 5.56 Å². The summed E-state index contributed by atoms with van der Waals surface area (Å²) in [6, 6.07) is 5.39. The number of carbonyl (C=O) groups excluding carboxylic acids is 1. The summed E-state index contributed by atoms with van der Waals surface area (Å²) >= 11 is 5.01. The number of amides is 1. The Labute approximate surface area is 116 Å². The van der Waals surface area contributed by atoms with E-state index < -0.39 is 0 Å². The molecule has 5 nitrogen and oxygen atoms in total. The van der Waals surface area contributed by atoms with Gasteiger partial charge in [-0.3, -0.25) is 9.69 Å². The minimum atomic E-state index is -0.160. The minimum Gasteiger partial charge on any atom is -0.497 e. The van der Waals surface area contributed by atoms with Gasteiger partial charge >= 0.3 is 0 Å². The fraction of sp³-hybridized carbons (Fsp3) is 0.231. The molecule has 0 radical (unpaired) electrons. The van der Waals surface area contributed by atoms with Gasteiger partial charge in [-0.1, -0.05) is 0 Å². The number of hydrogen-bond donors (Lipinski definition) is 1. The Morgan fingerprint density at radius 3 is 2.21 bits per heavy atom. The molecule has 1 amide bonds. The van der Waals surface area contributed by atoms with Crippen molar-refractivity contribution < 1.29 is 14.3 Å². The third-order valence-corrected chi connectivity index (χ3v) is 3.14. The first kappa shape index (κ1) is 13.4. The zero-order chi connectivity index (χ0) is 14.0. The first-order valence-electron chi connectivity index (χ1n) is 5.59. The van der Waals surface area contributed by atoms with Gasteiger partial charge in [0.25, 0.3) is 5.91 Å². The minimum absolute atomic E-state index is 0.160. The normalized spacial score (nSPS) is 16.8. The highest BCUT2D eigenvalue weighted by molar-refractivity contribution is 7.80. The molecule has 0 bridgehead atoms.